The lowest BCUT2D eigenvalue weighted by Crippen LogP contribution is -1.96. The molecule has 0 aliphatic heterocycles. The molecule has 0 unspecified atom stereocenters. The minimum absolute atomic E-state index is 0.260. The Morgan fingerprint density at radius 3 is 2.27 bits per heavy atom. The van der Waals surface area contributed by atoms with Crippen LogP contribution in [0.2, 0.25) is 0 Å². The van der Waals surface area contributed by atoms with Crippen molar-refractivity contribution in [1.29, 1.82) is 0 Å². The molecule has 5 rings (SSSR count). The first-order valence-electron chi connectivity index (χ1n) is 8.39. The van der Waals surface area contributed by atoms with Crippen molar-refractivity contribution in [2.45, 2.75) is 0 Å². The highest BCUT2D eigenvalue weighted by atomic mass is 19.1. The second-order valence-electron chi connectivity index (χ2n) is 6.14. The summed E-state index contributed by atoms with van der Waals surface area (Å²) in [4.78, 5) is 4.59. The maximum absolute atomic E-state index is 13.4. The molecule has 2 heterocycles. The molecular weight excluding hydrogens is 325 g/mol. The number of nitrogens with zero attached hydrogens (tertiary/aromatic N) is 3. The highest BCUT2D eigenvalue weighted by Gasteiger charge is 2.16. The van der Waals surface area contributed by atoms with Crippen molar-refractivity contribution in [2.75, 3.05) is 0 Å². The third kappa shape index (κ3) is 2.27. The van der Waals surface area contributed by atoms with Crippen LogP contribution in [0.3, 0.4) is 0 Å². The SMILES string of the molecule is Fc1ccc(-c2nn(-c3ccccc3)c3c2cnc2ccccc23)cc1. The molecule has 4 heteroatoms. The van der Waals surface area contributed by atoms with Crippen LogP contribution in [-0.4, -0.2) is 14.8 Å². The fraction of sp³-hybridized carbons (Fsp3) is 0. The molecule has 0 aliphatic rings. The number of benzene rings is 3. The second kappa shape index (κ2) is 5.77. The van der Waals surface area contributed by atoms with Gasteiger partial charge in [0.1, 0.15) is 11.5 Å². The Balaban J connectivity index is 1.90. The van der Waals surface area contributed by atoms with Gasteiger partial charge in [0.15, 0.2) is 0 Å². The van der Waals surface area contributed by atoms with E-state index >= 15 is 0 Å². The van der Waals surface area contributed by atoms with Crippen molar-refractivity contribution in [3.05, 3.63) is 90.9 Å². The van der Waals surface area contributed by atoms with Gasteiger partial charge in [-0.1, -0.05) is 36.4 Å². The van der Waals surface area contributed by atoms with Gasteiger partial charge in [0.05, 0.1) is 16.7 Å². The number of rotatable bonds is 2. The number of halogens is 1. The molecule has 0 N–H and O–H groups in total. The highest BCUT2D eigenvalue weighted by Crippen LogP contribution is 2.33. The fourth-order valence-electron chi connectivity index (χ4n) is 3.31. The van der Waals surface area contributed by atoms with E-state index in [-0.39, 0.29) is 5.82 Å². The summed E-state index contributed by atoms with van der Waals surface area (Å²) in [5.41, 5.74) is 4.55. The maximum Gasteiger partial charge on any atom is 0.123 e. The molecule has 3 nitrogen and oxygen atoms in total. The molecule has 124 valence electrons. The van der Waals surface area contributed by atoms with E-state index in [2.05, 4.69) is 11.1 Å². The largest absolute Gasteiger partial charge is 0.255 e. The normalized spacial score (nSPS) is 11.3. The predicted octanol–water partition coefficient (Wildman–Crippen LogP) is 5.38. The molecule has 0 bridgehead atoms. The first-order chi connectivity index (χ1) is 12.8. The summed E-state index contributed by atoms with van der Waals surface area (Å²) in [7, 11) is 0. The molecule has 0 atom stereocenters. The van der Waals surface area contributed by atoms with Crippen LogP contribution in [-0.2, 0) is 0 Å². The Hall–Kier alpha value is -3.53. The number of fused-ring (bicyclic) bond motifs is 3. The molecule has 26 heavy (non-hydrogen) atoms. The number of para-hydroxylation sites is 2. The van der Waals surface area contributed by atoms with Crippen molar-refractivity contribution >= 4 is 21.8 Å². The summed E-state index contributed by atoms with van der Waals surface area (Å²) >= 11 is 0. The molecule has 3 aromatic carbocycles. The minimum atomic E-state index is -0.260. The van der Waals surface area contributed by atoms with Crippen molar-refractivity contribution in [2.24, 2.45) is 0 Å². The molecule has 5 aromatic rings. The van der Waals surface area contributed by atoms with Crippen LogP contribution in [0.5, 0.6) is 0 Å². The lowest BCUT2D eigenvalue weighted by Gasteiger charge is -2.05. The summed E-state index contributed by atoms with van der Waals surface area (Å²) < 4.78 is 15.3. The topological polar surface area (TPSA) is 30.7 Å². The summed E-state index contributed by atoms with van der Waals surface area (Å²) in [5, 5.41) is 6.84. The monoisotopic (exact) mass is 339 g/mol. The molecule has 0 radical (unpaired) electrons. The van der Waals surface area contributed by atoms with Crippen LogP contribution in [0.25, 0.3) is 38.8 Å². The average Bonchev–Trinajstić information content (AvgIpc) is 3.09. The molecule has 0 fully saturated rings. The molecule has 0 spiro atoms. The van der Waals surface area contributed by atoms with E-state index in [1.807, 2.05) is 59.4 Å². The van der Waals surface area contributed by atoms with Crippen LogP contribution in [0.1, 0.15) is 0 Å². The Bertz CT molecular complexity index is 1230. The third-order valence-electron chi connectivity index (χ3n) is 4.53. The van der Waals surface area contributed by atoms with Gasteiger partial charge in [-0.05, 0) is 42.5 Å². The van der Waals surface area contributed by atoms with E-state index in [1.165, 1.54) is 12.1 Å². The quantitative estimate of drug-likeness (QED) is 0.432. The van der Waals surface area contributed by atoms with Crippen LogP contribution in [0, 0.1) is 5.82 Å². The Labute approximate surface area is 149 Å². The van der Waals surface area contributed by atoms with E-state index in [0.717, 1.165) is 38.8 Å². The van der Waals surface area contributed by atoms with Gasteiger partial charge in [0.2, 0.25) is 0 Å². The standard InChI is InChI=1S/C22H14FN3/c23-16-12-10-15(11-13-16)21-19-14-24-20-9-5-4-8-18(20)22(19)26(25-21)17-6-2-1-3-7-17/h1-14H. The molecule has 0 amide bonds. The molecule has 2 aromatic heterocycles. The lowest BCUT2D eigenvalue weighted by atomic mass is 10.1. The van der Waals surface area contributed by atoms with Crippen molar-refractivity contribution < 1.29 is 4.39 Å². The predicted molar refractivity (Wildman–Crippen MR) is 102 cm³/mol. The van der Waals surface area contributed by atoms with Crippen LogP contribution < -0.4 is 0 Å². The van der Waals surface area contributed by atoms with Gasteiger partial charge >= 0.3 is 0 Å². The van der Waals surface area contributed by atoms with Crippen molar-refractivity contribution in [1.82, 2.24) is 14.8 Å². The third-order valence-corrected chi connectivity index (χ3v) is 4.53. The summed E-state index contributed by atoms with van der Waals surface area (Å²) in [6, 6.07) is 24.5. The molecule has 0 aliphatic carbocycles. The fourth-order valence-corrected chi connectivity index (χ4v) is 3.31. The Morgan fingerprint density at radius 1 is 0.731 bits per heavy atom. The van der Waals surface area contributed by atoms with Crippen LogP contribution >= 0.6 is 0 Å². The zero-order valence-electron chi connectivity index (χ0n) is 13.8. The minimum Gasteiger partial charge on any atom is -0.255 e. The van der Waals surface area contributed by atoms with E-state index in [1.54, 1.807) is 12.1 Å². The van der Waals surface area contributed by atoms with Crippen molar-refractivity contribution in [3.63, 3.8) is 0 Å². The summed E-state index contributed by atoms with van der Waals surface area (Å²) in [6.45, 7) is 0. The van der Waals surface area contributed by atoms with Gasteiger partial charge in [0, 0.05) is 22.5 Å². The average molecular weight is 339 g/mol. The van der Waals surface area contributed by atoms with Crippen molar-refractivity contribution in [3.8, 4) is 16.9 Å². The lowest BCUT2D eigenvalue weighted by molar-refractivity contribution is 0.628. The molecular formula is C22H14FN3. The second-order valence-corrected chi connectivity index (χ2v) is 6.14. The van der Waals surface area contributed by atoms with Gasteiger partial charge in [-0.25, -0.2) is 9.07 Å². The van der Waals surface area contributed by atoms with E-state index in [4.69, 9.17) is 5.10 Å². The van der Waals surface area contributed by atoms with Gasteiger partial charge < -0.3 is 0 Å². The maximum atomic E-state index is 13.4. The Morgan fingerprint density at radius 2 is 1.46 bits per heavy atom. The van der Waals surface area contributed by atoms with Gasteiger partial charge in [-0.2, -0.15) is 5.10 Å². The summed E-state index contributed by atoms with van der Waals surface area (Å²) in [5.74, 6) is -0.260. The first kappa shape index (κ1) is 14.8. The van der Waals surface area contributed by atoms with E-state index in [9.17, 15) is 4.39 Å². The van der Waals surface area contributed by atoms with Gasteiger partial charge in [0.25, 0.3) is 0 Å². The smallest absolute Gasteiger partial charge is 0.123 e. The van der Waals surface area contributed by atoms with E-state index < -0.39 is 0 Å². The zero-order valence-corrected chi connectivity index (χ0v) is 13.8. The molecule has 0 saturated heterocycles. The number of pyridine rings is 1. The molecule has 0 saturated carbocycles. The number of hydrogen-bond acceptors (Lipinski definition) is 2. The van der Waals surface area contributed by atoms with Gasteiger partial charge in [-0.3, -0.25) is 4.98 Å². The highest BCUT2D eigenvalue weighted by molar-refractivity contribution is 6.08. The number of aromatic nitrogens is 3. The number of hydrogen-bond donors (Lipinski definition) is 0. The van der Waals surface area contributed by atoms with Crippen LogP contribution in [0.15, 0.2) is 85.1 Å². The van der Waals surface area contributed by atoms with Crippen LogP contribution in [0.4, 0.5) is 4.39 Å². The Kier molecular flexibility index (Phi) is 3.28. The first-order valence-corrected chi connectivity index (χ1v) is 8.39. The van der Waals surface area contributed by atoms with E-state index in [0.29, 0.717) is 0 Å². The zero-order chi connectivity index (χ0) is 17.5. The van der Waals surface area contributed by atoms with Gasteiger partial charge in [-0.15, -0.1) is 0 Å². The summed E-state index contributed by atoms with van der Waals surface area (Å²) in [6.07, 6.45) is 1.85.